The van der Waals surface area contributed by atoms with Gasteiger partial charge >= 0.3 is 0 Å². The summed E-state index contributed by atoms with van der Waals surface area (Å²) in [6.45, 7) is 4.15. The first-order chi connectivity index (χ1) is 6.66. The second-order valence-electron chi connectivity index (χ2n) is 3.90. The lowest BCUT2D eigenvalue weighted by Gasteiger charge is -2.17. The number of nitrogens with zero attached hydrogens (tertiary/aromatic N) is 2. The van der Waals surface area contributed by atoms with Crippen molar-refractivity contribution < 1.29 is 4.39 Å². The maximum absolute atomic E-state index is 13.1. The largest absolute Gasteiger partial charge is 0.381 e. The standard InChI is InChI=1S/C10H14FN3/c1-7-2-3-14(6-7)8-4-9(11)10(12)13-5-8/h4-5,7H,2-3,6H2,1H3,(H2,12,13)/t7-/m0/s1. The summed E-state index contributed by atoms with van der Waals surface area (Å²) in [6.07, 6.45) is 2.79. The van der Waals surface area contributed by atoms with Crippen LogP contribution in [-0.4, -0.2) is 18.1 Å². The number of halogens is 1. The van der Waals surface area contributed by atoms with Gasteiger partial charge < -0.3 is 10.6 Å². The van der Waals surface area contributed by atoms with Gasteiger partial charge in [-0.15, -0.1) is 0 Å². The molecule has 1 aromatic heterocycles. The molecule has 2 N–H and O–H groups in total. The van der Waals surface area contributed by atoms with Gasteiger partial charge in [0.2, 0.25) is 0 Å². The van der Waals surface area contributed by atoms with E-state index in [2.05, 4.69) is 16.8 Å². The smallest absolute Gasteiger partial charge is 0.167 e. The predicted molar refractivity (Wildman–Crippen MR) is 54.6 cm³/mol. The fourth-order valence-electron chi connectivity index (χ4n) is 1.78. The van der Waals surface area contributed by atoms with Crippen LogP contribution in [0.5, 0.6) is 0 Å². The van der Waals surface area contributed by atoms with E-state index in [0.29, 0.717) is 5.92 Å². The van der Waals surface area contributed by atoms with Crippen LogP contribution in [0, 0.1) is 11.7 Å². The molecule has 0 spiro atoms. The molecule has 1 saturated heterocycles. The molecule has 0 saturated carbocycles. The lowest BCUT2D eigenvalue weighted by atomic mass is 10.2. The molecule has 1 aliphatic heterocycles. The van der Waals surface area contributed by atoms with E-state index in [9.17, 15) is 4.39 Å². The third kappa shape index (κ3) is 1.64. The van der Waals surface area contributed by atoms with E-state index in [1.54, 1.807) is 6.20 Å². The monoisotopic (exact) mass is 195 g/mol. The Morgan fingerprint density at radius 2 is 2.43 bits per heavy atom. The van der Waals surface area contributed by atoms with Gasteiger partial charge in [0.05, 0.1) is 11.9 Å². The lowest BCUT2D eigenvalue weighted by molar-refractivity contribution is 0.625. The number of anilines is 2. The minimum absolute atomic E-state index is 0.0269. The van der Waals surface area contributed by atoms with Crippen LogP contribution < -0.4 is 10.6 Å². The van der Waals surface area contributed by atoms with Crippen LogP contribution in [0.4, 0.5) is 15.9 Å². The number of aromatic nitrogens is 1. The Bertz CT molecular complexity index is 340. The highest BCUT2D eigenvalue weighted by Gasteiger charge is 2.19. The Labute approximate surface area is 82.7 Å². The molecule has 4 heteroatoms. The van der Waals surface area contributed by atoms with Crippen molar-refractivity contribution in [3.8, 4) is 0 Å². The van der Waals surface area contributed by atoms with Gasteiger partial charge in [-0.05, 0) is 12.3 Å². The van der Waals surface area contributed by atoms with Gasteiger partial charge in [0, 0.05) is 19.2 Å². The fourth-order valence-corrected chi connectivity index (χ4v) is 1.78. The average Bonchev–Trinajstić information content (AvgIpc) is 2.57. The highest BCUT2D eigenvalue weighted by atomic mass is 19.1. The summed E-state index contributed by atoms with van der Waals surface area (Å²) in [4.78, 5) is 5.95. The van der Waals surface area contributed by atoms with Crippen LogP contribution in [0.1, 0.15) is 13.3 Å². The second kappa shape index (κ2) is 3.44. The Morgan fingerprint density at radius 1 is 1.64 bits per heavy atom. The fraction of sp³-hybridized carbons (Fsp3) is 0.500. The number of hydrogen-bond acceptors (Lipinski definition) is 3. The van der Waals surface area contributed by atoms with E-state index in [-0.39, 0.29) is 5.82 Å². The quantitative estimate of drug-likeness (QED) is 0.740. The van der Waals surface area contributed by atoms with Crippen molar-refractivity contribution in [1.29, 1.82) is 0 Å². The summed E-state index contributed by atoms with van der Waals surface area (Å²) in [5.74, 6) is 0.221. The van der Waals surface area contributed by atoms with Crippen molar-refractivity contribution >= 4 is 11.5 Å². The molecule has 0 radical (unpaired) electrons. The minimum Gasteiger partial charge on any atom is -0.381 e. The predicted octanol–water partition coefficient (Wildman–Crippen LogP) is 1.65. The molecular weight excluding hydrogens is 181 g/mol. The zero-order valence-corrected chi connectivity index (χ0v) is 8.20. The van der Waals surface area contributed by atoms with Crippen molar-refractivity contribution in [2.24, 2.45) is 5.92 Å². The molecule has 0 unspecified atom stereocenters. The van der Waals surface area contributed by atoms with Crippen LogP contribution in [0.25, 0.3) is 0 Å². The SMILES string of the molecule is C[C@H]1CCN(c2cnc(N)c(F)c2)C1. The highest BCUT2D eigenvalue weighted by molar-refractivity contribution is 5.49. The third-order valence-electron chi connectivity index (χ3n) is 2.64. The molecule has 1 aromatic rings. The number of hydrogen-bond donors (Lipinski definition) is 1. The molecule has 76 valence electrons. The van der Waals surface area contributed by atoms with Gasteiger partial charge in [0.1, 0.15) is 0 Å². The second-order valence-corrected chi connectivity index (χ2v) is 3.90. The molecule has 0 aromatic carbocycles. The van der Waals surface area contributed by atoms with Crippen molar-refractivity contribution in [3.63, 3.8) is 0 Å². The van der Waals surface area contributed by atoms with Crippen LogP contribution in [0.15, 0.2) is 12.3 Å². The topological polar surface area (TPSA) is 42.2 Å². The first-order valence-electron chi connectivity index (χ1n) is 4.83. The summed E-state index contributed by atoms with van der Waals surface area (Å²) >= 11 is 0. The van der Waals surface area contributed by atoms with Crippen LogP contribution in [0.3, 0.4) is 0 Å². The molecule has 2 rings (SSSR count). The number of pyridine rings is 1. The number of nitrogens with two attached hydrogens (primary N) is 1. The maximum atomic E-state index is 13.1. The Hall–Kier alpha value is -1.32. The first-order valence-corrected chi connectivity index (χ1v) is 4.83. The molecule has 0 amide bonds. The van der Waals surface area contributed by atoms with Gasteiger partial charge in [-0.2, -0.15) is 0 Å². The highest BCUT2D eigenvalue weighted by Crippen LogP contribution is 2.24. The van der Waals surface area contributed by atoms with Gasteiger partial charge in [-0.3, -0.25) is 0 Å². The summed E-state index contributed by atoms with van der Waals surface area (Å²) < 4.78 is 13.1. The van der Waals surface area contributed by atoms with Crippen molar-refractivity contribution in [1.82, 2.24) is 4.98 Å². The average molecular weight is 195 g/mol. The summed E-state index contributed by atoms with van der Waals surface area (Å²) in [5, 5.41) is 0. The lowest BCUT2D eigenvalue weighted by Crippen LogP contribution is -2.19. The number of rotatable bonds is 1. The van der Waals surface area contributed by atoms with Crippen LogP contribution >= 0.6 is 0 Å². The Morgan fingerprint density at radius 3 is 3.00 bits per heavy atom. The van der Waals surface area contributed by atoms with Crippen LogP contribution in [0.2, 0.25) is 0 Å². The Balaban J connectivity index is 2.20. The van der Waals surface area contributed by atoms with Gasteiger partial charge in [-0.25, -0.2) is 9.37 Å². The molecule has 0 bridgehead atoms. The van der Waals surface area contributed by atoms with E-state index in [4.69, 9.17) is 5.73 Å². The summed E-state index contributed by atoms with van der Waals surface area (Å²) in [6, 6.07) is 1.46. The molecule has 3 nitrogen and oxygen atoms in total. The maximum Gasteiger partial charge on any atom is 0.167 e. The van der Waals surface area contributed by atoms with Crippen LogP contribution in [-0.2, 0) is 0 Å². The first kappa shape index (κ1) is 9.24. The van der Waals surface area contributed by atoms with Gasteiger partial charge in [-0.1, -0.05) is 6.92 Å². The van der Waals surface area contributed by atoms with Crippen molar-refractivity contribution in [3.05, 3.63) is 18.1 Å². The molecule has 1 fully saturated rings. The van der Waals surface area contributed by atoms with E-state index in [0.717, 1.165) is 25.2 Å². The van der Waals surface area contributed by atoms with E-state index >= 15 is 0 Å². The zero-order chi connectivity index (χ0) is 10.1. The molecule has 0 aliphatic carbocycles. The van der Waals surface area contributed by atoms with Gasteiger partial charge in [0.15, 0.2) is 11.6 Å². The molecule has 1 aliphatic rings. The van der Waals surface area contributed by atoms with E-state index in [1.165, 1.54) is 6.07 Å². The van der Waals surface area contributed by atoms with E-state index < -0.39 is 5.82 Å². The summed E-state index contributed by atoms with van der Waals surface area (Å²) in [5.41, 5.74) is 6.14. The minimum atomic E-state index is -0.429. The summed E-state index contributed by atoms with van der Waals surface area (Å²) in [7, 11) is 0. The Kier molecular flexibility index (Phi) is 2.27. The molecule has 1 atom stereocenters. The number of nitrogen functional groups attached to an aromatic ring is 1. The molecule has 2 heterocycles. The van der Waals surface area contributed by atoms with Gasteiger partial charge in [0.25, 0.3) is 0 Å². The van der Waals surface area contributed by atoms with Crippen molar-refractivity contribution in [2.45, 2.75) is 13.3 Å². The third-order valence-corrected chi connectivity index (χ3v) is 2.64. The van der Waals surface area contributed by atoms with E-state index in [1.807, 2.05) is 0 Å². The molecular formula is C10H14FN3. The van der Waals surface area contributed by atoms with Crippen molar-refractivity contribution in [2.75, 3.05) is 23.7 Å². The normalized spacial score (nSPS) is 21.6. The zero-order valence-electron chi connectivity index (χ0n) is 8.20. The molecule has 14 heavy (non-hydrogen) atoms.